The van der Waals surface area contributed by atoms with E-state index < -0.39 is 0 Å². The minimum Gasteiger partial charge on any atom is -0.462 e. The minimum atomic E-state index is -0.268. The molecule has 0 aliphatic rings. The molecule has 0 atom stereocenters. The van der Waals surface area contributed by atoms with Crippen molar-refractivity contribution in [1.29, 1.82) is 0 Å². The van der Waals surface area contributed by atoms with Crippen LogP contribution in [0.25, 0.3) is 0 Å². The summed E-state index contributed by atoms with van der Waals surface area (Å²) >= 11 is 0. The molecular weight excluding hydrogens is 642 g/mol. The van der Waals surface area contributed by atoms with Gasteiger partial charge in [0.25, 0.3) is 0 Å². The highest BCUT2D eigenvalue weighted by Crippen LogP contribution is 2.19. The molecule has 0 aliphatic carbocycles. The van der Waals surface area contributed by atoms with Crippen LogP contribution in [-0.2, 0) is 33.3 Å². The van der Waals surface area contributed by atoms with E-state index in [2.05, 4.69) is 27.7 Å². The zero-order valence-corrected chi connectivity index (χ0v) is 34.5. The van der Waals surface area contributed by atoms with Crippen molar-refractivity contribution < 1.29 is 33.3 Å². The molecule has 0 unspecified atom stereocenters. The molecule has 0 aromatic carbocycles. The second-order valence-corrected chi connectivity index (χ2v) is 15.1. The first-order valence-corrected chi connectivity index (χ1v) is 21.6. The van der Waals surface area contributed by atoms with Crippen LogP contribution in [-0.4, -0.2) is 75.0 Å². The second-order valence-electron chi connectivity index (χ2n) is 15.1. The van der Waals surface area contributed by atoms with Gasteiger partial charge in [-0.1, -0.05) is 130 Å². The maximum absolute atomic E-state index is 12.5. The van der Waals surface area contributed by atoms with Crippen LogP contribution in [0.5, 0.6) is 0 Å². The quantitative estimate of drug-likeness (QED) is 0.0353. The van der Waals surface area contributed by atoms with Gasteiger partial charge in [-0.15, -0.1) is 0 Å². The Morgan fingerprint density at radius 2 is 0.745 bits per heavy atom. The first-order chi connectivity index (χ1) is 24.7. The van der Waals surface area contributed by atoms with E-state index in [1.165, 1.54) is 0 Å². The first-order valence-electron chi connectivity index (χ1n) is 21.6. The molecule has 0 aromatic heterocycles. The lowest BCUT2D eigenvalue weighted by molar-refractivity contribution is -0.155. The van der Waals surface area contributed by atoms with Crippen LogP contribution in [0, 0.1) is 0 Å². The van der Waals surface area contributed by atoms with Crippen molar-refractivity contribution >= 4 is 17.9 Å². The molecule has 0 aliphatic heterocycles. The van der Waals surface area contributed by atoms with Crippen molar-refractivity contribution in [3.05, 3.63) is 0 Å². The van der Waals surface area contributed by atoms with E-state index >= 15 is 0 Å². The molecule has 0 amide bonds. The number of likely N-dealkylation sites (N-methyl/N-ethyl adjacent to an activating group) is 1. The number of ether oxygens (including phenoxy) is 4. The van der Waals surface area contributed by atoms with Crippen LogP contribution in [0.3, 0.4) is 0 Å². The molecule has 302 valence electrons. The molecule has 0 saturated carbocycles. The Balaban J connectivity index is 4.36. The topological polar surface area (TPSA) is 91.4 Å². The highest BCUT2D eigenvalue weighted by molar-refractivity contribution is 5.71. The fourth-order valence-electron chi connectivity index (χ4n) is 6.32. The normalized spacial score (nSPS) is 11.6. The molecule has 0 fully saturated rings. The van der Waals surface area contributed by atoms with E-state index in [0.29, 0.717) is 19.4 Å². The number of unbranched alkanes of at least 4 members (excludes halogenated alkanes) is 14. The van der Waals surface area contributed by atoms with Gasteiger partial charge in [-0.2, -0.15) is 0 Å². The molecule has 0 bridgehead atoms. The van der Waals surface area contributed by atoms with E-state index in [-0.39, 0.29) is 42.8 Å². The lowest BCUT2D eigenvalue weighted by atomic mass is 10.0. The van der Waals surface area contributed by atoms with E-state index in [4.69, 9.17) is 18.9 Å². The fourth-order valence-corrected chi connectivity index (χ4v) is 6.32. The van der Waals surface area contributed by atoms with Gasteiger partial charge in [0.1, 0.15) is 24.9 Å². The van der Waals surface area contributed by atoms with E-state index in [1.54, 1.807) is 0 Å². The molecule has 0 heterocycles. The maximum Gasteiger partial charge on any atom is 0.332 e. The molecule has 0 radical (unpaired) electrons. The molecule has 0 rings (SSSR count). The number of nitrogens with zero attached hydrogens (tertiary/aromatic N) is 1. The molecule has 8 heteroatoms. The van der Waals surface area contributed by atoms with Gasteiger partial charge in [0.15, 0.2) is 0 Å². The lowest BCUT2D eigenvalue weighted by Gasteiger charge is -2.18. The largest absolute Gasteiger partial charge is 0.462 e. The molecule has 0 aromatic rings. The molecular formula is C43H83NO7. The number of hydrogen-bond donors (Lipinski definition) is 0. The van der Waals surface area contributed by atoms with Gasteiger partial charge in [-0.05, 0) is 78.3 Å². The Hall–Kier alpha value is -1.67. The van der Waals surface area contributed by atoms with Crippen LogP contribution in [0.4, 0.5) is 0 Å². The summed E-state index contributed by atoms with van der Waals surface area (Å²) in [5, 5.41) is 0. The van der Waals surface area contributed by atoms with Crippen molar-refractivity contribution in [1.82, 2.24) is 4.90 Å². The zero-order chi connectivity index (χ0) is 37.8. The summed E-state index contributed by atoms with van der Waals surface area (Å²) < 4.78 is 23.0. The van der Waals surface area contributed by atoms with Crippen molar-refractivity contribution in [2.45, 2.75) is 226 Å². The molecule has 51 heavy (non-hydrogen) atoms. The van der Waals surface area contributed by atoms with Crippen molar-refractivity contribution in [2.24, 2.45) is 0 Å². The van der Waals surface area contributed by atoms with Crippen molar-refractivity contribution in [3.8, 4) is 0 Å². The molecule has 0 N–H and O–H groups in total. The predicted molar refractivity (Wildman–Crippen MR) is 211 cm³/mol. The standard InChI is InChI=1S/C43H83NO7/c1-7-11-27-38(28-12-8-2)49-41(45)33-25-21-17-15-19-23-31-40(51-43(47)37-48-36-35-44(5)6)32-24-20-16-18-22-26-34-42(46)50-39(29-13-9-3)30-14-10-4/h38-40H,7-37H2,1-6H3. The van der Waals surface area contributed by atoms with Gasteiger partial charge in [-0.25, -0.2) is 4.79 Å². The van der Waals surface area contributed by atoms with E-state index in [1.807, 2.05) is 19.0 Å². The highest BCUT2D eigenvalue weighted by atomic mass is 16.6. The van der Waals surface area contributed by atoms with Crippen LogP contribution >= 0.6 is 0 Å². The first kappa shape index (κ1) is 49.3. The smallest absolute Gasteiger partial charge is 0.332 e. The Morgan fingerprint density at radius 1 is 0.431 bits per heavy atom. The van der Waals surface area contributed by atoms with Gasteiger partial charge >= 0.3 is 17.9 Å². The second kappa shape index (κ2) is 36.7. The highest BCUT2D eigenvalue weighted by Gasteiger charge is 2.16. The minimum absolute atomic E-state index is 0.00508. The van der Waals surface area contributed by atoms with Gasteiger partial charge in [0.05, 0.1) is 6.61 Å². The van der Waals surface area contributed by atoms with Gasteiger partial charge in [0.2, 0.25) is 0 Å². The van der Waals surface area contributed by atoms with Gasteiger partial charge < -0.3 is 23.8 Å². The third kappa shape index (κ3) is 33.9. The van der Waals surface area contributed by atoms with E-state index in [9.17, 15) is 14.4 Å². The lowest BCUT2D eigenvalue weighted by Crippen LogP contribution is -2.24. The number of carbonyl (C=O) groups is 3. The Labute approximate surface area is 315 Å². The van der Waals surface area contributed by atoms with Crippen LogP contribution in [0.1, 0.15) is 207 Å². The fraction of sp³-hybridized carbons (Fsp3) is 0.930. The maximum atomic E-state index is 12.5. The monoisotopic (exact) mass is 726 g/mol. The summed E-state index contributed by atoms with van der Waals surface area (Å²) in [6.45, 7) is 10.0. The van der Waals surface area contributed by atoms with Crippen molar-refractivity contribution in [2.75, 3.05) is 33.9 Å². The third-order valence-corrected chi connectivity index (χ3v) is 9.63. The van der Waals surface area contributed by atoms with E-state index in [0.717, 1.165) is 173 Å². The summed E-state index contributed by atoms with van der Waals surface area (Å²) in [7, 11) is 3.97. The average molecular weight is 726 g/mol. The molecule has 8 nitrogen and oxygen atoms in total. The van der Waals surface area contributed by atoms with Gasteiger partial charge in [0, 0.05) is 19.4 Å². The summed E-state index contributed by atoms with van der Waals surface area (Å²) in [6, 6.07) is 0. The number of hydrogen-bond acceptors (Lipinski definition) is 8. The SMILES string of the molecule is CCCCC(CCCC)OC(=O)CCCCCCCCC(CCCCCCCCC(=O)OC(CCCC)CCCC)OC(=O)COCCN(C)C. The summed E-state index contributed by atoms with van der Waals surface area (Å²) in [5.41, 5.74) is 0. The average Bonchev–Trinajstić information content (AvgIpc) is 3.10. The summed E-state index contributed by atoms with van der Waals surface area (Å²) in [6.07, 6.45) is 28.5. The van der Waals surface area contributed by atoms with Crippen LogP contribution in [0.2, 0.25) is 0 Å². The number of rotatable bonds is 38. The Kier molecular flexibility index (Phi) is 35.5. The zero-order valence-electron chi connectivity index (χ0n) is 34.5. The summed E-state index contributed by atoms with van der Waals surface area (Å²) in [4.78, 5) is 39.3. The van der Waals surface area contributed by atoms with Crippen LogP contribution < -0.4 is 0 Å². The predicted octanol–water partition coefficient (Wildman–Crippen LogP) is 11.3. The van der Waals surface area contributed by atoms with Crippen LogP contribution in [0.15, 0.2) is 0 Å². The van der Waals surface area contributed by atoms with Crippen molar-refractivity contribution in [3.63, 3.8) is 0 Å². The summed E-state index contributed by atoms with van der Waals surface area (Å²) in [5.74, 6) is -0.330. The number of esters is 3. The Morgan fingerprint density at radius 3 is 1.10 bits per heavy atom. The third-order valence-electron chi connectivity index (χ3n) is 9.63. The molecule has 0 spiro atoms. The number of carbonyl (C=O) groups excluding carboxylic acids is 3. The Bertz CT molecular complexity index is 739. The molecule has 0 saturated heterocycles. The van der Waals surface area contributed by atoms with Gasteiger partial charge in [-0.3, -0.25) is 9.59 Å².